The molecule has 0 radical (unpaired) electrons. The van der Waals surface area contributed by atoms with Crippen LogP contribution >= 0.6 is 0 Å². The van der Waals surface area contributed by atoms with E-state index >= 15 is 0 Å². The van der Waals surface area contributed by atoms with Gasteiger partial charge in [0.05, 0.1) is 0 Å². The van der Waals surface area contributed by atoms with E-state index in [9.17, 15) is 13.2 Å². The predicted molar refractivity (Wildman–Crippen MR) is 66.9 cm³/mol. The zero-order valence-corrected chi connectivity index (χ0v) is 10.6. The molecule has 7 heteroatoms. The van der Waals surface area contributed by atoms with Crippen molar-refractivity contribution in [2.75, 3.05) is 5.73 Å². The third kappa shape index (κ3) is 3.17. The van der Waals surface area contributed by atoms with E-state index in [1.165, 1.54) is 18.5 Å². The van der Waals surface area contributed by atoms with Gasteiger partial charge in [0.2, 0.25) is 5.88 Å². The molecule has 0 aromatic carbocycles. The lowest BCUT2D eigenvalue weighted by Crippen LogP contribution is -2.12. The lowest BCUT2D eigenvalue weighted by Gasteiger charge is -2.17. The molecule has 2 aromatic rings. The molecule has 20 heavy (non-hydrogen) atoms. The normalized spacial score (nSPS) is 13.0. The Bertz CT molecular complexity index is 601. The minimum atomic E-state index is -4.51. The van der Waals surface area contributed by atoms with Crippen molar-refractivity contribution in [3.05, 3.63) is 47.8 Å². The van der Waals surface area contributed by atoms with E-state index in [1.54, 1.807) is 19.1 Å². The van der Waals surface area contributed by atoms with Crippen LogP contribution in [-0.2, 0) is 6.18 Å². The van der Waals surface area contributed by atoms with Gasteiger partial charge in [-0.05, 0) is 36.8 Å². The average molecular weight is 283 g/mol. The van der Waals surface area contributed by atoms with Crippen molar-refractivity contribution in [1.82, 2.24) is 9.97 Å². The Kier molecular flexibility index (Phi) is 3.78. The topological polar surface area (TPSA) is 61.0 Å². The van der Waals surface area contributed by atoms with E-state index in [1.807, 2.05) is 0 Å². The molecule has 0 fully saturated rings. The fourth-order valence-electron chi connectivity index (χ4n) is 1.65. The van der Waals surface area contributed by atoms with Crippen LogP contribution in [0.1, 0.15) is 24.2 Å². The Morgan fingerprint density at radius 1 is 1.20 bits per heavy atom. The minimum absolute atomic E-state index is 0.273. The number of hydrogen-bond donors (Lipinski definition) is 1. The number of rotatable bonds is 3. The predicted octanol–water partition coefficient (Wildman–Crippen LogP) is 3.22. The van der Waals surface area contributed by atoms with Gasteiger partial charge in [-0.1, -0.05) is 0 Å². The highest BCUT2D eigenvalue weighted by Gasteiger charge is 2.35. The molecule has 0 aliphatic carbocycles. The van der Waals surface area contributed by atoms with Crippen LogP contribution in [0.5, 0.6) is 5.88 Å². The van der Waals surface area contributed by atoms with Crippen molar-refractivity contribution in [1.29, 1.82) is 0 Å². The van der Waals surface area contributed by atoms with Gasteiger partial charge < -0.3 is 10.5 Å². The molecular weight excluding hydrogens is 271 g/mol. The van der Waals surface area contributed by atoms with Crippen molar-refractivity contribution in [3.8, 4) is 5.88 Å². The van der Waals surface area contributed by atoms with Gasteiger partial charge >= 0.3 is 6.18 Å². The average Bonchev–Trinajstić information content (AvgIpc) is 2.38. The number of hydrogen-bond acceptors (Lipinski definition) is 4. The number of nitrogens with zero attached hydrogens (tertiary/aromatic N) is 2. The molecule has 0 aliphatic rings. The van der Waals surface area contributed by atoms with E-state index in [0.717, 1.165) is 6.07 Å². The summed E-state index contributed by atoms with van der Waals surface area (Å²) >= 11 is 0. The van der Waals surface area contributed by atoms with E-state index in [-0.39, 0.29) is 5.82 Å². The van der Waals surface area contributed by atoms with Gasteiger partial charge in [-0.15, -0.1) is 0 Å². The zero-order chi connectivity index (χ0) is 14.8. The second kappa shape index (κ2) is 5.36. The first kappa shape index (κ1) is 14.1. The molecular formula is C13H12F3N3O. The summed E-state index contributed by atoms with van der Waals surface area (Å²) in [6.07, 6.45) is -2.43. The van der Waals surface area contributed by atoms with Gasteiger partial charge in [-0.3, -0.25) is 0 Å². The summed E-state index contributed by atoms with van der Waals surface area (Å²) in [6.45, 7) is 1.61. The number of halogens is 3. The van der Waals surface area contributed by atoms with Gasteiger partial charge in [0.1, 0.15) is 17.5 Å². The van der Waals surface area contributed by atoms with Crippen LogP contribution in [0.3, 0.4) is 0 Å². The molecule has 1 atom stereocenters. The van der Waals surface area contributed by atoms with Crippen molar-refractivity contribution in [2.24, 2.45) is 0 Å². The number of alkyl halides is 3. The zero-order valence-electron chi connectivity index (χ0n) is 10.6. The first-order valence-electron chi connectivity index (χ1n) is 5.78. The highest BCUT2D eigenvalue weighted by molar-refractivity contribution is 5.34. The molecule has 0 saturated carbocycles. The van der Waals surface area contributed by atoms with Gasteiger partial charge in [0.15, 0.2) is 0 Å². The van der Waals surface area contributed by atoms with Crippen LogP contribution in [0.4, 0.5) is 19.0 Å². The van der Waals surface area contributed by atoms with Gasteiger partial charge in [-0.25, -0.2) is 9.97 Å². The summed E-state index contributed by atoms with van der Waals surface area (Å²) in [5.41, 5.74) is 5.24. The second-order valence-corrected chi connectivity index (χ2v) is 4.13. The Balaban J connectivity index is 2.26. The molecule has 0 aliphatic heterocycles. The fraction of sp³-hybridized carbons (Fsp3) is 0.231. The molecule has 2 aromatic heterocycles. The Morgan fingerprint density at radius 3 is 2.60 bits per heavy atom. The third-order valence-electron chi connectivity index (χ3n) is 2.64. The summed E-state index contributed by atoms with van der Waals surface area (Å²) in [4.78, 5) is 7.46. The summed E-state index contributed by atoms with van der Waals surface area (Å²) in [6, 6.07) is 5.30. The highest BCUT2D eigenvalue weighted by atomic mass is 19.4. The Hall–Kier alpha value is -2.31. The highest BCUT2D eigenvalue weighted by Crippen LogP contribution is 2.36. The van der Waals surface area contributed by atoms with Crippen LogP contribution in [-0.4, -0.2) is 9.97 Å². The third-order valence-corrected chi connectivity index (χ3v) is 2.64. The standard InChI is InChI=1S/C13H12F3N3O/c1-8(9-4-6-18-11(17)7-9)20-12-10(13(14,15)16)3-2-5-19-12/h2-8H,1H3,(H2,17,18). The maximum absolute atomic E-state index is 12.8. The first-order valence-corrected chi connectivity index (χ1v) is 5.78. The Labute approximate surface area is 113 Å². The smallest absolute Gasteiger partial charge is 0.421 e. The number of nitrogens with two attached hydrogens (primary N) is 1. The van der Waals surface area contributed by atoms with Crippen molar-refractivity contribution >= 4 is 5.82 Å². The molecule has 0 saturated heterocycles. The van der Waals surface area contributed by atoms with Crippen LogP contribution < -0.4 is 10.5 Å². The molecule has 4 nitrogen and oxygen atoms in total. The number of ether oxygens (including phenoxy) is 1. The molecule has 2 N–H and O–H groups in total. The lowest BCUT2D eigenvalue weighted by molar-refractivity contribution is -0.139. The van der Waals surface area contributed by atoms with Crippen LogP contribution in [0.2, 0.25) is 0 Å². The molecule has 2 heterocycles. The lowest BCUT2D eigenvalue weighted by atomic mass is 10.1. The van der Waals surface area contributed by atoms with E-state index < -0.39 is 23.7 Å². The molecule has 1 unspecified atom stereocenters. The van der Waals surface area contributed by atoms with Crippen LogP contribution in [0, 0.1) is 0 Å². The van der Waals surface area contributed by atoms with E-state index in [0.29, 0.717) is 5.56 Å². The largest absolute Gasteiger partial charge is 0.469 e. The second-order valence-electron chi connectivity index (χ2n) is 4.13. The maximum atomic E-state index is 12.8. The fourth-order valence-corrected chi connectivity index (χ4v) is 1.65. The molecule has 0 spiro atoms. The Morgan fingerprint density at radius 2 is 1.95 bits per heavy atom. The van der Waals surface area contributed by atoms with Gasteiger partial charge in [-0.2, -0.15) is 13.2 Å². The van der Waals surface area contributed by atoms with Crippen LogP contribution in [0.25, 0.3) is 0 Å². The summed E-state index contributed by atoms with van der Waals surface area (Å²) in [5, 5.41) is 0. The monoisotopic (exact) mass is 283 g/mol. The summed E-state index contributed by atoms with van der Waals surface area (Å²) in [7, 11) is 0. The number of nitrogen functional groups attached to an aromatic ring is 1. The van der Waals surface area contributed by atoms with Gasteiger partial charge in [0.25, 0.3) is 0 Å². The van der Waals surface area contributed by atoms with Crippen molar-refractivity contribution < 1.29 is 17.9 Å². The molecule has 106 valence electrons. The number of anilines is 1. The molecule has 0 amide bonds. The summed E-state index contributed by atoms with van der Waals surface area (Å²) in [5.74, 6) is -0.183. The molecule has 2 rings (SSSR count). The van der Waals surface area contributed by atoms with Crippen molar-refractivity contribution in [2.45, 2.75) is 19.2 Å². The number of pyridine rings is 2. The van der Waals surface area contributed by atoms with E-state index in [2.05, 4.69) is 9.97 Å². The minimum Gasteiger partial charge on any atom is -0.469 e. The van der Waals surface area contributed by atoms with Crippen LogP contribution in [0.15, 0.2) is 36.7 Å². The van der Waals surface area contributed by atoms with E-state index in [4.69, 9.17) is 10.5 Å². The quantitative estimate of drug-likeness (QED) is 0.939. The van der Waals surface area contributed by atoms with Gasteiger partial charge in [0, 0.05) is 12.4 Å². The summed E-state index contributed by atoms with van der Waals surface area (Å²) < 4.78 is 43.7. The maximum Gasteiger partial charge on any atom is 0.421 e. The number of aromatic nitrogens is 2. The molecule has 0 bridgehead atoms. The first-order chi connectivity index (χ1) is 9.38. The van der Waals surface area contributed by atoms with Crippen molar-refractivity contribution in [3.63, 3.8) is 0 Å². The SMILES string of the molecule is CC(Oc1ncccc1C(F)(F)F)c1ccnc(N)c1.